The van der Waals surface area contributed by atoms with Crippen molar-refractivity contribution in [3.8, 4) is 0 Å². The van der Waals surface area contributed by atoms with Crippen LogP contribution in [0.4, 0.5) is 0 Å². The van der Waals surface area contributed by atoms with E-state index >= 15 is 0 Å². The number of amides is 1. The summed E-state index contributed by atoms with van der Waals surface area (Å²) in [5.41, 5.74) is 5.76. The molecule has 1 saturated carbocycles. The Labute approximate surface area is 61.0 Å². The Morgan fingerprint density at radius 3 is 2.60 bits per heavy atom. The molecule has 0 heterocycles. The van der Waals surface area contributed by atoms with Gasteiger partial charge in [-0.15, -0.1) is 0 Å². The zero-order valence-corrected chi connectivity index (χ0v) is 6.31. The Morgan fingerprint density at radius 1 is 1.70 bits per heavy atom. The van der Waals surface area contributed by atoms with Gasteiger partial charge in [0.05, 0.1) is 0 Å². The molecule has 0 radical (unpaired) electrons. The van der Waals surface area contributed by atoms with Crippen LogP contribution in [0.25, 0.3) is 0 Å². The first-order valence-corrected chi connectivity index (χ1v) is 3.66. The number of hydrogen-bond acceptors (Lipinski definition) is 2. The van der Waals surface area contributed by atoms with E-state index in [0.29, 0.717) is 6.54 Å². The Morgan fingerprint density at radius 2 is 2.30 bits per heavy atom. The van der Waals surface area contributed by atoms with Gasteiger partial charge in [0.15, 0.2) is 0 Å². The second kappa shape index (κ2) is 2.58. The lowest BCUT2D eigenvalue weighted by Crippen LogP contribution is -2.54. The highest BCUT2D eigenvalue weighted by atomic mass is 16.1. The van der Waals surface area contributed by atoms with Gasteiger partial charge in [0, 0.05) is 19.0 Å². The maximum atomic E-state index is 10.5. The van der Waals surface area contributed by atoms with Gasteiger partial charge in [0.2, 0.25) is 5.91 Å². The summed E-state index contributed by atoms with van der Waals surface area (Å²) in [5.74, 6) is 0.0109. The molecule has 1 fully saturated rings. The smallest absolute Gasteiger partial charge is 0.216 e. The van der Waals surface area contributed by atoms with E-state index in [2.05, 4.69) is 5.32 Å². The third-order valence-corrected chi connectivity index (χ3v) is 2.04. The first-order valence-electron chi connectivity index (χ1n) is 3.66. The normalized spacial score (nSPS) is 21.4. The molecule has 1 rings (SSSR count). The van der Waals surface area contributed by atoms with Crippen molar-refractivity contribution < 1.29 is 4.79 Å². The Hall–Kier alpha value is -0.570. The van der Waals surface area contributed by atoms with Gasteiger partial charge < -0.3 is 11.1 Å². The lowest BCUT2D eigenvalue weighted by molar-refractivity contribution is -0.119. The van der Waals surface area contributed by atoms with Crippen molar-refractivity contribution in [1.82, 2.24) is 5.32 Å². The quantitative estimate of drug-likeness (QED) is 0.570. The second-order valence-corrected chi connectivity index (χ2v) is 3.13. The van der Waals surface area contributed by atoms with E-state index in [-0.39, 0.29) is 11.4 Å². The van der Waals surface area contributed by atoms with Crippen molar-refractivity contribution in [1.29, 1.82) is 0 Å². The van der Waals surface area contributed by atoms with Crippen LogP contribution in [0.5, 0.6) is 0 Å². The molecular formula is C7H14N2O. The lowest BCUT2D eigenvalue weighted by atomic mass is 9.78. The zero-order valence-electron chi connectivity index (χ0n) is 6.31. The SMILES string of the molecule is CC(=O)NCC1(N)CCC1. The highest BCUT2D eigenvalue weighted by molar-refractivity contribution is 5.72. The topological polar surface area (TPSA) is 55.1 Å². The van der Waals surface area contributed by atoms with Crippen LogP contribution in [-0.2, 0) is 4.79 Å². The van der Waals surface area contributed by atoms with Gasteiger partial charge in [0.25, 0.3) is 0 Å². The van der Waals surface area contributed by atoms with E-state index in [4.69, 9.17) is 5.73 Å². The summed E-state index contributed by atoms with van der Waals surface area (Å²) in [6.45, 7) is 2.16. The zero-order chi connectivity index (χ0) is 7.61. The molecular weight excluding hydrogens is 128 g/mol. The fourth-order valence-electron chi connectivity index (χ4n) is 1.11. The van der Waals surface area contributed by atoms with Crippen molar-refractivity contribution in [2.75, 3.05) is 6.54 Å². The summed E-state index contributed by atoms with van der Waals surface area (Å²) in [4.78, 5) is 10.5. The van der Waals surface area contributed by atoms with E-state index in [0.717, 1.165) is 12.8 Å². The van der Waals surface area contributed by atoms with E-state index in [1.165, 1.54) is 13.3 Å². The summed E-state index contributed by atoms with van der Waals surface area (Å²) in [6, 6.07) is 0. The van der Waals surface area contributed by atoms with Crippen LogP contribution < -0.4 is 11.1 Å². The van der Waals surface area contributed by atoms with Crippen LogP contribution in [0.2, 0.25) is 0 Å². The molecule has 3 nitrogen and oxygen atoms in total. The number of nitrogens with two attached hydrogens (primary N) is 1. The average molecular weight is 142 g/mol. The predicted molar refractivity (Wildman–Crippen MR) is 39.5 cm³/mol. The van der Waals surface area contributed by atoms with Crippen LogP contribution in [0.3, 0.4) is 0 Å². The monoisotopic (exact) mass is 142 g/mol. The average Bonchev–Trinajstić information content (AvgIpc) is 1.79. The molecule has 0 aromatic rings. The van der Waals surface area contributed by atoms with E-state index in [9.17, 15) is 4.79 Å². The maximum Gasteiger partial charge on any atom is 0.216 e. The molecule has 10 heavy (non-hydrogen) atoms. The molecule has 1 amide bonds. The van der Waals surface area contributed by atoms with Gasteiger partial charge in [-0.1, -0.05) is 0 Å². The van der Waals surface area contributed by atoms with Gasteiger partial charge >= 0.3 is 0 Å². The third-order valence-electron chi connectivity index (χ3n) is 2.04. The molecule has 3 N–H and O–H groups in total. The number of hydrogen-bond donors (Lipinski definition) is 2. The van der Waals surface area contributed by atoms with Crippen LogP contribution in [0, 0.1) is 0 Å². The molecule has 0 saturated heterocycles. The van der Waals surface area contributed by atoms with E-state index < -0.39 is 0 Å². The van der Waals surface area contributed by atoms with Gasteiger partial charge in [-0.3, -0.25) is 4.79 Å². The molecule has 0 aromatic heterocycles. The molecule has 0 atom stereocenters. The molecule has 1 aliphatic rings. The first kappa shape index (κ1) is 7.54. The van der Waals surface area contributed by atoms with Gasteiger partial charge in [-0.2, -0.15) is 0 Å². The van der Waals surface area contributed by atoms with Crippen molar-refractivity contribution in [2.24, 2.45) is 5.73 Å². The van der Waals surface area contributed by atoms with Crippen molar-refractivity contribution in [3.63, 3.8) is 0 Å². The molecule has 0 unspecified atom stereocenters. The predicted octanol–water partition coefficient (Wildman–Crippen LogP) is 0.00390. The molecule has 3 heteroatoms. The summed E-state index contributed by atoms with van der Waals surface area (Å²) in [5, 5.41) is 2.72. The molecule has 58 valence electrons. The molecule has 1 aliphatic carbocycles. The summed E-state index contributed by atoms with van der Waals surface area (Å²) in [7, 11) is 0. The Bertz CT molecular complexity index is 141. The highest BCUT2D eigenvalue weighted by Gasteiger charge is 2.32. The van der Waals surface area contributed by atoms with Crippen molar-refractivity contribution in [2.45, 2.75) is 31.7 Å². The summed E-state index contributed by atoms with van der Waals surface area (Å²) >= 11 is 0. The third kappa shape index (κ3) is 1.70. The molecule has 0 aromatic carbocycles. The molecule has 0 bridgehead atoms. The second-order valence-electron chi connectivity index (χ2n) is 3.13. The van der Waals surface area contributed by atoms with Crippen molar-refractivity contribution >= 4 is 5.91 Å². The number of carbonyl (C=O) groups is 1. The van der Waals surface area contributed by atoms with Gasteiger partial charge in [-0.05, 0) is 19.3 Å². The fourth-order valence-corrected chi connectivity index (χ4v) is 1.11. The summed E-state index contributed by atoms with van der Waals surface area (Å²) in [6.07, 6.45) is 3.30. The van der Waals surface area contributed by atoms with Gasteiger partial charge in [0.1, 0.15) is 0 Å². The van der Waals surface area contributed by atoms with Crippen LogP contribution in [0.1, 0.15) is 26.2 Å². The van der Waals surface area contributed by atoms with Crippen LogP contribution >= 0.6 is 0 Å². The molecule has 0 aliphatic heterocycles. The van der Waals surface area contributed by atoms with Crippen molar-refractivity contribution in [3.05, 3.63) is 0 Å². The number of carbonyl (C=O) groups excluding carboxylic acids is 1. The van der Waals surface area contributed by atoms with Gasteiger partial charge in [-0.25, -0.2) is 0 Å². The number of nitrogens with one attached hydrogen (secondary N) is 1. The first-order chi connectivity index (χ1) is 4.62. The van der Waals surface area contributed by atoms with E-state index in [1.807, 2.05) is 0 Å². The van der Waals surface area contributed by atoms with Crippen LogP contribution in [-0.4, -0.2) is 18.0 Å². The van der Waals surface area contributed by atoms with E-state index in [1.54, 1.807) is 0 Å². The molecule has 0 spiro atoms. The minimum atomic E-state index is -0.0777. The minimum absolute atomic E-state index is 0.0109. The lowest BCUT2D eigenvalue weighted by Gasteiger charge is -2.37. The Kier molecular flexibility index (Phi) is 1.94. The fraction of sp³-hybridized carbons (Fsp3) is 0.857. The van der Waals surface area contributed by atoms with Crippen LogP contribution in [0.15, 0.2) is 0 Å². The minimum Gasteiger partial charge on any atom is -0.355 e. The highest BCUT2D eigenvalue weighted by Crippen LogP contribution is 2.27. The standard InChI is InChI=1S/C7H14N2O/c1-6(10)9-5-7(8)3-2-4-7/h2-5,8H2,1H3,(H,9,10). The Balaban J connectivity index is 2.18. The largest absolute Gasteiger partial charge is 0.355 e. The maximum absolute atomic E-state index is 10.5. The number of rotatable bonds is 2. The summed E-state index contributed by atoms with van der Waals surface area (Å²) < 4.78 is 0.